The highest BCUT2D eigenvalue weighted by molar-refractivity contribution is 5.96. The third-order valence-electron chi connectivity index (χ3n) is 3.36. The van der Waals surface area contributed by atoms with E-state index >= 15 is 0 Å². The van der Waals surface area contributed by atoms with Crippen LogP contribution in [0.4, 0.5) is 0 Å². The Kier molecular flexibility index (Phi) is 7.95. The van der Waals surface area contributed by atoms with Gasteiger partial charge >= 0.3 is 0 Å². The van der Waals surface area contributed by atoms with Crippen LogP contribution < -0.4 is 10.6 Å². The molecule has 5 heteroatoms. The number of nitrogens with one attached hydrogen (secondary N) is 2. The zero-order chi connectivity index (χ0) is 14.8. The largest absolute Gasteiger partial charge is 0.355 e. The second kappa shape index (κ2) is 9.53. The molecular formula is C15H27N3O2. The first-order chi connectivity index (χ1) is 9.58. The fourth-order valence-corrected chi connectivity index (χ4v) is 2.18. The zero-order valence-electron chi connectivity index (χ0n) is 12.7. The Morgan fingerprint density at radius 3 is 2.45 bits per heavy atom. The van der Waals surface area contributed by atoms with Crippen molar-refractivity contribution in [1.82, 2.24) is 15.5 Å². The van der Waals surface area contributed by atoms with E-state index in [0.29, 0.717) is 13.1 Å². The summed E-state index contributed by atoms with van der Waals surface area (Å²) in [6.45, 7) is 1.99. The Labute approximate surface area is 121 Å². The SMILES string of the molecule is CN(C)CCNC(=O)CC(=O)NCCC1=CCCCC1. The quantitative estimate of drug-likeness (QED) is 0.516. The molecule has 0 bridgehead atoms. The van der Waals surface area contributed by atoms with Crippen LogP contribution in [0.5, 0.6) is 0 Å². The van der Waals surface area contributed by atoms with Gasteiger partial charge in [0, 0.05) is 19.6 Å². The summed E-state index contributed by atoms with van der Waals surface area (Å²) in [4.78, 5) is 25.1. The van der Waals surface area contributed by atoms with Crippen LogP contribution in [0.2, 0.25) is 0 Å². The maximum Gasteiger partial charge on any atom is 0.229 e. The summed E-state index contributed by atoms with van der Waals surface area (Å²) in [7, 11) is 3.89. The van der Waals surface area contributed by atoms with E-state index in [2.05, 4.69) is 16.7 Å². The molecule has 0 aromatic rings. The van der Waals surface area contributed by atoms with Crippen molar-refractivity contribution in [2.75, 3.05) is 33.7 Å². The van der Waals surface area contributed by atoms with Gasteiger partial charge in [0.1, 0.15) is 6.42 Å². The Balaban J connectivity index is 2.07. The lowest BCUT2D eigenvalue weighted by Crippen LogP contribution is -2.35. The van der Waals surface area contributed by atoms with Gasteiger partial charge in [-0.15, -0.1) is 0 Å². The Hall–Kier alpha value is -1.36. The molecule has 0 saturated carbocycles. The predicted molar refractivity (Wildman–Crippen MR) is 80.4 cm³/mol. The van der Waals surface area contributed by atoms with E-state index in [9.17, 15) is 9.59 Å². The number of carbonyl (C=O) groups is 2. The van der Waals surface area contributed by atoms with Crippen LogP contribution in [0.3, 0.4) is 0 Å². The van der Waals surface area contributed by atoms with Crippen molar-refractivity contribution in [1.29, 1.82) is 0 Å². The molecule has 0 aromatic heterocycles. The molecule has 5 nitrogen and oxygen atoms in total. The van der Waals surface area contributed by atoms with E-state index in [1.165, 1.54) is 18.4 Å². The molecule has 0 aliphatic heterocycles. The van der Waals surface area contributed by atoms with E-state index in [0.717, 1.165) is 25.8 Å². The summed E-state index contributed by atoms with van der Waals surface area (Å²) in [6.07, 6.45) is 7.97. The van der Waals surface area contributed by atoms with E-state index in [1.54, 1.807) is 0 Å². The molecular weight excluding hydrogens is 254 g/mol. The number of likely N-dealkylation sites (N-methyl/N-ethyl adjacent to an activating group) is 1. The Bertz CT molecular complexity index is 351. The van der Waals surface area contributed by atoms with Gasteiger partial charge in [-0.3, -0.25) is 9.59 Å². The van der Waals surface area contributed by atoms with Gasteiger partial charge in [0.2, 0.25) is 11.8 Å². The predicted octanol–water partition coefficient (Wildman–Crippen LogP) is 1.06. The fraction of sp³-hybridized carbons (Fsp3) is 0.733. The summed E-state index contributed by atoms with van der Waals surface area (Å²) >= 11 is 0. The van der Waals surface area contributed by atoms with Crippen LogP contribution in [0.15, 0.2) is 11.6 Å². The first kappa shape index (κ1) is 16.7. The average molecular weight is 281 g/mol. The molecule has 2 N–H and O–H groups in total. The second-order valence-electron chi connectivity index (χ2n) is 5.54. The van der Waals surface area contributed by atoms with Gasteiger partial charge in [-0.2, -0.15) is 0 Å². The van der Waals surface area contributed by atoms with Crippen molar-refractivity contribution in [3.63, 3.8) is 0 Å². The second-order valence-corrected chi connectivity index (χ2v) is 5.54. The molecule has 1 aliphatic rings. The molecule has 0 saturated heterocycles. The average Bonchev–Trinajstić information content (AvgIpc) is 2.39. The van der Waals surface area contributed by atoms with Gasteiger partial charge in [-0.1, -0.05) is 11.6 Å². The minimum atomic E-state index is -0.207. The van der Waals surface area contributed by atoms with Gasteiger partial charge in [0.05, 0.1) is 0 Å². The summed E-state index contributed by atoms with van der Waals surface area (Å²) in [6, 6.07) is 0. The summed E-state index contributed by atoms with van der Waals surface area (Å²) in [5.41, 5.74) is 1.44. The molecule has 0 spiro atoms. The van der Waals surface area contributed by atoms with Crippen molar-refractivity contribution in [2.45, 2.75) is 38.5 Å². The van der Waals surface area contributed by atoms with Crippen molar-refractivity contribution >= 4 is 11.8 Å². The molecule has 1 rings (SSSR count). The third kappa shape index (κ3) is 7.94. The minimum Gasteiger partial charge on any atom is -0.355 e. The van der Waals surface area contributed by atoms with Crippen LogP contribution >= 0.6 is 0 Å². The monoisotopic (exact) mass is 281 g/mol. The highest BCUT2D eigenvalue weighted by Gasteiger charge is 2.09. The molecule has 114 valence electrons. The van der Waals surface area contributed by atoms with E-state index in [4.69, 9.17) is 0 Å². The molecule has 0 atom stereocenters. The lowest BCUT2D eigenvalue weighted by molar-refractivity contribution is -0.129. The van der Waals surface area contributed by atoms with Crippen LogP contribution in [-0.2, 0) is 9.59 Å². The van der Waals surface area contributed by atoms with E-state index in [-0.39, 0.29) is 18.2 Å². The maximum atomic E-state index is 11.6. The molecule has 20 heavy (non-hydrogen) atoms. The van der Waals surface area contributed by atoms with Gasteiger partial charge < -0.3 is 15.5 Å². The Morgan fingerprint density at radius 2 is 1.85 bits per heavy atom. The molecule has 0 heterocycles. The number of nitrogens with zero attached hydrogens (tertiary/aromatic N) is 1. The molecule has 0 unspecified atom stereocenters. The third-order valence-corrected chi connectivity index (χ3v) is 3.36. The summed E-state index contributed by atoms with van der Waals surface area (Å²) < 4.78 is 0. The van der Waals surface area contributed by atoms with Gasteiger partial charge in [-0.05, 0) is 46.2 Å². The highest BCUT2D eigenvalue weighted by atomic mass is 16.2. The van der Waals surface area contributed by atoms with E-state index in [1.807, 2.05) is 19.0 Å². The fourth-order valence-electron chi connectivity index (χ4n) is 2.18. The van der Waals surface area contributed by atoms with Crippen molar-refractivity contribution in [3.8, 4) is 0 Å². The van der Waals surface area contributed by atoms with Crippen LogP contribution in [-0.4, -0.2) is 50.4 Å². The van der Waals surface area contributed by atoms with Crippen LogP contribution in [0.25, 0.3) is 0 Å². The maximum absolute atomic E-state index is 11.6. The number of hydrogen-bond donors (Lipinski definition) is 2. The molecule has 0 fully saturated rings. The van der Waals surface area contributed by atoms with E-state index < -0.39 is 0 Å². The van der Waals surface area contributed by atoms with Crippen LogP contribution in [0.1, 0.15) is 38.5 Å². The van der Waals surface area contributed by atoms with Gasteiger partial charge in [0.25, 0.3) is 0 Å². The normalized spacial score (nSPS) is 14.8. The topological polar surface area (TPSA) is 61.4 Å². The first-order valence-electron chi connectivity index (χ1n) is 7.44. The number of hydrogen-bond acceptors (Lipinski definition) is 3. The summed E-state index contributed by atoms with van der Waals surface area (Å²) in [5.74, 6) is -0.398. The molecule has 0 radical (unpaired) electrons. The molecule has 0 aromatic carbocycles. The smallest absolute Gasteiger partial charge is 0.229 e. The standard InChI is InChI=1S/C15H27N3O2/c1-18(2)11-10-17-15(20)12-14(19)16-9-8-13-6-4-3-5-7-13/h6H,3-5,7-12H2,1-2H3,(H,16,19)(H,17,20). The Morgan fingerprint density at radius 1 is 1.15 bits per heavy atom. The van der Waals surface area contributed by atoms with Crippen molar-refractivity contribution in [3.05, 3.63) is 11.6 Å². The zero-order valence-corrected chi connectivity index (χ0v) is 12.7. The van der Waals surface area contributed by atoms with Gasteiger partial charge in [0.15, 0.2) is 0 Å². The van der Waals surface area contributed by atoms with Crippen molar-refractivity contribution in [2.24, 2.45) is 0 Å². The summed E-state index contributed by atoms with van der Waals surface area (Å²) in [5, 5.41) is 5.54. The lowest BCUT2D eigenvalue weighted by atomic mass is 9.97. The molecule has 2 amide bonds. The highest BCUT2D eigenvalue weighted by Crippen LogP contribution is 2.19. The minimum absolute atomic E-state index is 0.0769. The van der Waals surface area contributed by atoms with Crippen molar-refractivity contribution < 1.29 is 9.59 Å². The van der Waals surface area contributed by atoms with Crippen LogP contribution in [0, 0.1) is 0 Å². The lowest BCUT2D eigenvalue weighted by Gasteiger charge is -2.13. The number of allylic oxidation sites excluding steroid dienone is 1. The number of amides is 2. The first-order valence-corrected chi connectivity index (χ1v) is 7.44. The van der Waals surface area contributed by atoms with Gasteiger partial charge in [-0.25, -0.2) is 0 Å². The molecule has 1 aliphatic carbocycles. The number of carbonyl (C=O) groups excluding carboxylic acids is 2. The number of rotatable bonds is 8.